The molecule has 3 aromatic rings. The van der Waals surface area contributed by atoms with Crippen LogP contribution in [0.1, 0.15) is 34.7 Å². The minimum absolute atomic E-state index is 0.0528. The number of aryl methyl sites for hydroxylation is 1. The predicted octanol–water partition coefficient (Wildman–Crippen LogP) is 5.47. The summed E-state index contributed by atoms with van der Waals surface area (Å²) in [7, 11) is 0. The molecule has 0 bridgehead atoms. The first kappa shape index (κ1) is 19.8. The maximum absolute atomic E-state index is 13.0. The smallest absolute Gasteiger partial charge is 0.407 e. The molecule has 1 aliphatic rings. The number of hydrogen-bond donors (Lipinski definition) is 1. The number of fused-ring (bicyclic) bond motifs is 3. The Labute approximate surface area is 175 Å². The van der Waals surface area contributed by atoms with Gasteiger partial charge in [-0.15, -0.1) is 0 Å². The van der Waals surface area contributed by atoms with Crippen LogP contribution >= 0.6 is 0 Å². The van der Waals surface area contributed by atoms with Crippen LogP contribution in [0.4, 0.5) is 9.18 Å². The fourth-order valence-corrected chi connectivity index (χ4v) is 3.83. The van der Waals surface area contributed by atoms with Gasteiger partial charge in [-0.25, -0.2) is 9.78 Å². The molecule has 30 heavy (non-hydrogen) atoms. The van der Waals surface area contributed by atoms with Crippen LogP contribution in [0.2, 0.25) is 0 Å². The SMILES string of the molecule is Cc1nc(F)ccc1C=CCCNC(=O)OCC1c2ccccc2-c2ccccc21. The van der Waals surface area contributed by atoms with Gasteiger partial charge in [0.25, 0.3) is 0 Å². The number of hydrogen-bond acceptors (Lipinski definition) is 3. The van der Waals surface area contributed by atoms with E-state index in [9.17, 15) is 9.18 Å². The van der Waals surface area contributed by atoms with Crippen LogP contribution in [-0.2, 0) is 4.74 Å². The molecule has 1 amide bonds. The van der Waals surface area contributed by atoms with Crippen molar-refractivity contribution >= 4 is 12.2 Å². The molecule has 5 heteroatoms. The molecule has 0 aliphatic heterocycles. The molecule has 152 valence electrons. The summed E-state index contributed by atoms with van der Waals surface area (Å²) < 4.78 is 18.5. The molecule has 0 fully saturated rings. The monoisotopic (exact) mass is 402 g/mol. The van der Waals surface area contributed by atoms with Crippen LogP contribution in [0.25, 0.3) is 17.2 Å². The van der Waals surface area contributed by atoms with E-state index in [2.05, 4.69) is 34.6 Å². The molecule has 1 heterocycles. The van der Waals surface area contributed by atoms with Crippen LogP contribution in [0.3, 0.4) is 0 Å². The van der Waals surface area contributed by atoms with Gasteiger partial charge in [0.1, 0.15) is 6.61 Å². The Bertz CT molecular complexity index is 1050. The largest absolute Gasteiger partial charge is 0.449 e. The van der Waals surface area contributed by atoms with E-state index >= 15 is 0 Å². The molecule has 4 nitrogen and oxygen atoms in total. The predicted molar refractivity (Wildman–Crippen MR) is 116 cm³/mol. The molecular weight excluding hydrogens is 379 g/mol. The van der Waals surface area contributed by atoms with Gasteiger partial charge in [0.15, 0.2) is 0 Å². The second-order valence-corrected chi connectivity index (χ2v) is 7.25. The van der Waals surface area contributed by atoms with Gasteiger partial charge in [0, 0.05) is 18.2 Å². The first-order valence-electron chi connectivity index (χ1n) is 10.0. The highest BCUT2D eigenvalue weighted by Crippen LogP contribution is 2.44. The topological polar surface area (TPSA) is 51.2 Å². The highest BCUT2D eigenvalue weighted by Gasteiger charge is 2.28. The Morgan fingerprint density at radius 2 is 1.73 bits per heavy atom. The molecule has 0 atom stereocenters. The first-order chi connectivity index (χ1) is 14.6. The van der Waals surface area contributed by atoms with Gasteiger partial charge in [-0.1, -0.05) is 60.7 Å². The van der Waals surface area contributed by atoms with Crippen LogP contribution < -0.4 is 5.32 Å². The third-order valence-electron chi connectivity index (χ3n) is 5.31. The lowest BCUT2D eigenvalue weighted by atomic mass is 9.98. The molecule has 1 N–H and O–H groups in total. The van der Waals surface area contributed by atoms with E-state index in [-0.39, 0.29) is 5.92 Å². The van der Waals surface area contributed by atoms with Crippen molar-refractivity contribution in [3.63, 3.8) is 0 Å². The quantitative estimate of drug-likeness (QED) is 0.439. The number of benzene rings is 2. The fourth-order valence-electron chi connectivity index (χ4n) is 3.83. The number of pyridine rings is 1. The minimum Gasteiger partial charge on any atom is -0.449 e. The van der Waals surface area contributed by atoms with Crippen molar-refractivity contribution < 1.29 is 13.9 Å². The summed E-state index contributed by atoms with van der Waals surface area (Å²) in [5.41, 5.74) is 6.29. The van der Waals surface area contributed by atoms with E-state index in [0.717, 1.165) is 5.56 Å². The zero-order valence-electron chi connectivity index (χ0n) is 16.8. The van der Waals surface area contributed by atoms with Crippen molar-refractivity contribution in [2.75, 3.05) is 13.2 Å². The summed E-state index contributed by atoms with van der Waals surface area (Å²) in [5, 5.41) is 2.78. The molecule has 0 radical (unpaired) electrons. The summed E-state index contributed by atoms with van der Waals surface area (Å²) in [5.74, 6) is -0.432. The summed E-state index contributed by atoms with van der Waals surface area (Å²) in [6.45, 7) is 2.52. The van der Waals surface area contributed by atoms with Gasteiger partial charge in [0.2, 0.25) is 5.95 Å². The molecule has 1 aliphatic carbocycles. The van der Waals surface area contributed by atoms with Crippen molar-refractivity contribution in [3.8, 4) is 11.1 Å². The lowest BCUT2D eigenvalue weighted by Crippen LogP contribution is -2.26. The Morgan fingerprint density at radius 1 is 1.07 bits per heavy atom. The second-order valence-electron chi connectivity index (χ2n) is 7.25. The summed E-state index contributed by atoms with van der Waals surface area (Å²) in [6.07, 6.45) is 4.01. The lowest BCUT2D eigenvalue weighted by Gasteiger charge is -2.14. The van der Waals surface area contributed by atoms with Crippen molar-refractivity contribution in [2.24, 2.45) is 0 Å². The number of nitrogens with one attached hydrogen (secondary N) is 1. The van der Waals surface area contributed by atoms with E-state index in [4.69, 9.17) is 4.74 Å². The van der Waals surface area contributed by atoms with Crippen molar-refractivity contribution in [2.45, 2.75) is 19.3 Å². The maximum Gasteiger partial charge on any atom is 0.407 e. The number of nitrogens with zero attached hydrogens (tertiary/aromatic N) is 1. The number of aromatic nitrogens is 1. The second kappa shape index (κ2) is 8.91. The standard InChI is InChI=1S/C25H23FN2O2/c1-17-18(13-14-24(26)28-17)8-6-7-15-27-25(29)30-16-23-21-11-4-2-9-19(21)20-10-3-5-12-22(20)23/h2-6,8-14,23H,7,15-16H2,1H3,(H,27,29). The Hall–Kier alpha value is -3.47. The van der Waals surface area contributed by atoms with Crippen LogP contribution in [0.15, 0.2) is 66.7 Å². The lowest BCUT2D eigenvalue weighted by molar-refractivity contribution is 0.143. The van der Waals surface area contributed by atoms with E-state index in [1.54, 1.807) is 13.0 Å². The summed E-state index contributed by atoms with van der Waals surface area (Å²) >= 11 is 0. The van der Waals surface area contributed by atoms with Gasteiger partial charge < -0.3 is 10.1 Å². The molecule has 4 rings (SSSR count). The number of carbonyl (C=O) groups is 1. The van der Waals surface area contributed by atoms with Crippen LogP contribution in [0, 0.1) is 12.9 Å². The van der Waals surface area contributed by atoms with E-state index < -0.39 is 12.0 Å². The van der Waals surface area contributed by atoms with E-state index in [1.165, 1.54) is 28.3 Å². The summed E-state index contributed by atoms with van der Waals surface area (Å²) in [6, 6.07) is 19.5. The number of carbonyl (C=O) groups excluding carboxylic acids is 1. The van der Waals surface area contributed by atoms with Crippen molar-refractivity contribution in [3.05, 3.63) is 95.1 Å². The van der Waals surface area contributed by atoms with Crippen molar-refractivity contribution in [1.82, 2.24) is 10.3 Å². The Kier molecular flexibility index (Phi) is 5.89. The van der Waals surface area contributed by atoms with Gasteiger partial charge >= 0.3 is 6.09 Å². The van der Waals surface area contributed by atoms with Gasteiger partial charge in [-0.2, -0.15) is 4.39 Å². The average molecular weight is 402 g/mol. The number of amides is 1. The van der Waals surface area contributed by atoms with Crippen LogP contribution in [0.5, 0.6) is 0 Å². The first-order valence-corrected chi connectivity index (χ1v) is 10.0. The van der Waals surface area contributed by atoms with E-state index in [0.29, 0.717) is 25.3 Å². The number of ether oxygens (including phenoxy) is 1. The van der Waals surface area contributed by atoms with Gasteiger partial charge in [-0.3, -0.25) is 0 Å². The molecule has 2 aromatic carbocycles. The third kappa shape index (κ3) is 4.25. The zero-order chi connectivity index (χ0) is 20.9. The maximum atomic E-state index is 13.0. The molecule has 0 saturated heterocycles. The molecule has 0 saturated carbocycles. The van der Waals surface area contributed by atoms with Gasteiger partial charge in [0.05, 0.1) is 0 Å². The fraction of sp³-hybridized carbons (Fsp3) is 0.200. The minimum atomic E-state index is -0.485. The number of rotatable bonds is 6. The third-order valence-corrected chi connectivity index (χ3v) is 5.31. The summed E-state index contributed by atoms with van der Waals surface area (Å²) in [4.78, 5) is 15.9. The normalized spacial score (nSPS) is 12.6. The van der Waals surface area contributed by atoms with Gasteiger partial charge in [-0.05, 0) is 53.3 Å². The average Bonchev–Trinajstić information content (AvgIpc) is 3.07. The Morgan fingerprint density at radius 3 is 2.40 bits per heavy atom. The highest BCUT2D eigenvalue weighted by molar-refractivity contribution is 5.79. The number of alkyl carbamates (subject to hydrolysis) is 1. The zero-order valence-corrected chi connectivity index (χ0v) is 16.8. The molecule has 1 aromatic heterocycles. The van der Waals surface area contributed by atoms with Crippen molar-refractivity contribution in [1.29, 1.82) is 0 Å². The number of halogens is 1. The van der Waals surface area contributed by atoms with Crippen LogP contribution in [-0.4, -0.2) is 24.2 Å². The Balaban J connectivity index is 1.28. The molecule has 0 spiro atoms. The molecule has 0 unspecified atom stereocenters. The van der Waals surface area contributed by atoms with E-state index in [1.807, 2.05) is 36.4 Å². The molecular formula is C25H23FN2O2. The highest BCUT2D eigenvalue weighted by atomic mass is 19.1.